The van der Waals surface area contributed by atoms with Crippen LogP contribution in [0.25, 0.3) is 37.0 Å². The number of nitrogens with zero attached hydrogens (tertiary/aromatic N) is 5. The summed E-state index contributed by atoms with van der Waals surface area (Å²) in [5.74, 6) is -1.04. The molecule has 15 heteroatoms. The van der Waals surface area contributed by atoms with E-state index >= 15 is 8.78 Å². The number of hydrogen-bond acceptors (Lipinski definition) is 9. The summed E-state index contributed by atoms with van der Waals surface area (Å²) < 4.78 is 64.2. The molecule has 1 N–H and O–H groups in total. The van der Waals surface area contributed by atoms with Crippen LogP contribution < -0.4 is 15.0 Å². The second-order valence-electron chi connectivity index (χ2n) is 13.9. The highest BCUT2D eigenvalue weighted by molar-refractivity contribution is 7.24. The highest BCUT2D eigenvalue weighted by Crippen LogP contribution is 2.50. The van der Waals surface area contributed by atoms with Crippen LogP contribution in [0.1, 0.15) is 46.5 Å². The van der Waals surface area contributed by atoms with Crippen molar-refractivity contribution in [3.05, 3.63) is 46.3 Å². The van der Waals surface area contributed by atoms with Gasteiger partial charge in [-0.2, -0.15) is 9.97 Å². The molecule has 0 spiro atoms. The maximum Gasteiger partial charge on any atom is 0.411 e. The Morgan fingerprint density at radius 2 is 2.04 bits per heavy atom. The maximum atomic E-state index is 17.1. The number of hydrogen-bond donors (Lipinski definition) is 1. The number of amides is 1. The summed E-state index contributed by atoms with van der Waals surface area (Å²) in [5.41, 5.74) is -1.39. The van der Waals surface area contributed by atoms with Crippen LogP contribution in [0.5, 0.6) is 6.01 Å². The lowest BCUT2D eigenvalue weighted by Gasteiger charge is -2.31. The number of thiophene rings is 1. The van der Waals surface area contributed by atoms with Gasteiger partial charge in [-0.1, -0.05) is 17.7 Å². The number of aromatic nitrogens is 2. The lowest BCUT2D eigenvalue weighted by molar-refractivity contribution is 0.0636. The highest BCUT2D eigenvalue weighted by atomic mass is 35.5. The van der Waals surface area contributed by atoms with Crippen LogP contribution >= 0.6 is 22.9 Å². The first-order valence-corrected chi connectivity index (χ1v) is 17.7. The minimum Gasteiger partial charge on any atom is -0.461 e. The van der Waals surface area contributed by atoms with Crippen molar-refractivity contribution < 1.29 is 32.2 Å². The number of carbonyl (C=O) groups excluding carboxylic acids is 1. The molecule has 4 aromatic rings. The van der Waals surface area contributed by atoms with E-state index in [0.717, 1.165) is 37.1 Å². The third-order valence-electron chi connectivity index (χ3n) is 9.36. The molecule has 2 aromatic heterocycles. The quantitative estimate of drug-likeness (QED) is 0.198. The third-order valence-corrected chi connectivity index (χ3v) is 10.8. The van der Waals surface area contributed by atoms with Crippen molar-refractivity contribution in [3.63, 3.8) is 0 Å². The molecule has 1 amide bonds. The minimum atomic E-state index is -0.948. The second-order valence-corrected chi connectivity index (χ2v) is 15.3. The fourth-order valence-corrected chi connectivity index (χ4v) is 8.62. The van der Waals surface area contributed by atoms with Crippen molar-refractivity contribution in [2.45, 2.75) is 63.8 Å². The van der Waals surface area contributed by atoms with Gasteiger partial charge in [0.05, 0.1) is 28.4 Å². The van der Waals surface area contributed by atoms with Crippen molar-refractivity contribution in [1.29, 1.82) is 0 Å². The number of benzene rings is 2. The molecule has 3 aliphatic heterocycles. The van der Waals surface area contributed by atoms with Gasteiger partial charge in [-0.3, -0.25) is 10.2 Å². The molecule has 50 heavy (non-hydrogen) atoms. The van der Waals surface area contributed by atoms with E-state index in [1.165, 1.54) is 12.1 Å². The topological polar surface area (TPSA) is 93.4 Å². The van der Waals surface area contributed by atoms with Crippen LogP contribution in [0, 0.1) is 18.2 Å². The molecule has 2 aromatic carbocycles. The Kier molecular flexibility index (Phi) is 9.21. The molecule has 0 unspecified atom stereocenters. The lowest BCUT2D eigenvalue weighted by Crippen LogP contribution is -2.43. The zero-order chi connectivity index (χ0) is 35.4. The SMILES string of the molecule is [C-]#[N+]c1c(NC(=O)OC(C)(C)C)sc2c(F)ccc(-c3c(Cl)cc4c(N5CCCOCC5)nc(OC[C@@]56CCCN5C[C@H](F)C6)nc4c3F)c12. The molecule has 264 valence electrons. The second kappa shape index (κ2) is 13.3. The van der Waals surface area contributed by atoms with E-state index in [2.05, 4.69) is 20.0 Å². The first-order valence-electron chi connectivity index (χ1n) is 16.5. The molecular formula is C35H36ClF3N6O4S. The molecule has 0 radical (unpaired) electrons. The molecule has 5 heterocycles. The Labute approximate surface area is 296 Å². The zero-order valence-electron chi connectivity index (χ0n) is 27.9. The molecule has 7 rings (SSSR count). The van der Waals surface area contributed by atoms with E-state index in [4.69, 9.17) is 37.4 Å². The first kappa shape index (κ1) is 34.5. The summed E-state index contributed by atoms with van der Waals surface area (Å²) in [6.07, 6.45) is 1.01. The fourth-order valence-electron chi connectivity index (χ4n) is 7.27. The van der Waals surface area contributed by atoms with Crippen molar-refractivity contribution in [3.8, 4) is 17.1 Å². The number of alkyl halides is 1. The number of carbonyl (C=O) groups is 1. The molecule has 0 saturated carbocycles. The van der Waals surface area contributed by atoms with Crippen LogP contribution in [0.3, 0.4) is 0 Å². The van der Waals surface area contributed by atoms with E-state index in [1.807, 2.05) is 4.90 Å². The van der Waals surface area contributed by atoms with Gasteiger partial charge in [0, 0.05) is 49.0 Å². The van der Waals surface area contributed by atoms with Crippen molar-refractivity contribution >= 4 is 66.5 Å². The Hall–Kier alpha value is -3.90. The maximum absolute atomic E-state index is 17.1. The van der Waals surface area contributed by atoms with Crippen LogP contribution in [0.4, 0.5) is 34.5 Å². The molecule has 0 bridgehead atoms. The smallest absolute Gasteiger partial charge is 0.411 e. The van der Waals surface area contributed by atoms with Crippen molar-refractivity contribution in [1.82, 2.24) is 14.9 Å². The van der Waals surface area contributed by atoms with Gasteiger partial charge in [-0.05, 0) is 64.3 Å². The van der Waals surface area contributed by atoms with E-state index < -0.39 is 35.0 Å². The van der Waals surface area contributed by atoms with Crippen LogP contribution in [0.15, 0.2) is 18.2 Å². The predicted octanol–water partition coefficient (Wildman–Crippen LogP) is 8.52. The summed E-state index contributed by atoms with van der Waals surface area (Å²) in [6, 6.07) is 4.04. The molecule has 3 fully saturated rings. The fraction of sp³-hybridized carbons (Fsp3) is 0.486. The van der Waals surface area contributed by atoms with Crippen molar-refractivity contribution in [2.24, 2.45) is 0 Å². The van der Waals surface area contributed by atoms with E-state index in [-0.39, 0.29) is 55.1 Å². The summed E-state index contributed by atoms with van der Waals surface area (Å²) in [7, 11) is 0. The van der Waals surface area contributed by atoms with Gasteiger partial charge < -0.3 is 19.1 Å². The van der Waals surface area contributed by atoms with Crippen LogP contribution in [0.2, 0.25) is 5.02 Å². The normalized spacial score (nSPS) is 21.3. The van der Waals surface area contributed by atoms with Gasteiger partial charge in [0.15, 0.2) is 5.82 Å². The zero-order valence-corrected chi connectivity index (χ0v) is 29.4. The average molecular weight is 729 g/mol. The molecule has 3 saturated heterocycles. The van der Waals surface area contributed by atoms with Crippen LogP contribution in [-0.4, -0.2) is 84.3 Å². The average Bonchev–Trinajstić information content (AvgIpc) is 3.61. The molecule has 3 aliphatic rings. The Morgan fingerprint density at radius 1 is 1.22 bits per heavy atom. The largest absolute Gasteiger partial charge is 0.461 e. The van der Waals surface area contributed by atoms with Gasteiger partial charge in [0.25, 0.3) is 0 Å². The minimum absolute atomic E-state index is 0.00305. The molecule has 2 atom stereocenters. The number of nitrogens with one attached hydrogen (secondary N) is 1. The van der Waals surface area contributed by atoms with Gasteiger partial charge in [0.1, 0.15) is 40.5 Å². The first-order chi connectivity index (χ1) is 23.9. The van der Waals surface area contributed by atoms with E-state index in [1.54, 1.807) is 26.8 Å². The van der Waals surface area contributed by atoms with Gasteiger partial charge >= 0.3 is 12.1 Å². The third kappa shape index (κ3) is 6.40. The number of ether oxygens (including phenoxy) is 3. The number of rotatable bonds is 6. The van der Waals surface area contributed by atoms with Crippen LogP contribution in [-0.2, 0) is 9.47 Å². The summed E-state index contributed by atoms with van der Waals surface area (Å²) >= 11 is 7.72. The van der Waals surface area contributed by atoms with E-state index in [9.17, 15) is 9.18 Å². The number of fused-ring (bicyclic) bond motifs is 3. The summed E-state index contributed by atoms with van der Waals surface area (Å²) in [4.78, 5) is 29.6. The van der Waals surface area contributed by atoms with Crippen molar-refractivity contribution in [2.75, 3.05) is 56.2 Å². The Bertz CT molecular complexity index is 2030. The number of anilines is 2. The monoisotopic (exact) mass is 728 g/mol. The van der Waals surface area contributed by atoms with Gasteiger partial charge in [0.2, 0.25) is 5.69 Å². The summed E-state index contributed by atoms with van der Waals surface area (Å²) in [5, 5.41) is 3.04. The standard InChI is InChI=1S/C35H36ClF3N6O4S/c1-34(2,3)49-33(46)43-31-28(40-4)25-20(7-8-23(38)29(25)50-31)24-22(36)15-21-27(26(24)39)41-32(42-30(21)44-10-6-13-47-14-12-44)48-18-35-9-5-11-45(35)17-19(37)16-35/h7-8,15,19H,5-6,9-14,16-18H2,1-3H3,(H,43,46)/t19-,35+/m1/s1. The highest BCUT2D eigenvalue weighted by Gasteiger charge is 2.49. The Morgan fingerprint density at radius 3 is 2.82 bits per heavy atom. The molecule has 10 nitrogen and oxygen atoms in total. The van der Waals surface area contributed by atoms with E-state index in [0.29, 0.717) is 50.5 Å². The number of halogens is 4. The predicted molar refractivity (Wildman–Crippen MR) is 188 cm³/mol. The lowest BCUT2D eigenvalue weighted by atomic mass is 9.95. The van der Waals surface area contributed by atoms with Gasteiger partial charge in [-0.15, -0.1) is 11.3 Å². The summed E-state index contributed by atoms with van der Waals surface area (Å²) in [6.45, 7) is 16.4. The Balaban J connectivity index is 1.36. The molecule has 0 aliphatic carbocycles. The molecular weight excluding hydrogens is 693 g/mol. The van der Waals surface area contributed by atoms with Gasteiger partial charge in [-0.25, -0.2) is 22.8 Å².